The number of pyridine rings is 1. The Morgan fingerprint density at radius 1 is 1.40 bits per heavy atom. The summed E-state index contributed by atoms with van der Waals surface area (Å²) >= 11 is 8.79. The number of nitrogens with one attached hydrogen (secondary N) is 1. The van der Waals surface area contributed by atoms with Gasteiger partial charge in [0.1, 0.15) is 9.50 Å². The third-order valence-corrected chi connectivity index (χ3v) is 4.99. The largest absolute Gasteiger partial charge is 0.278 e. The van der Waals surface area contributed by atoms with Gasteiger partial charge in [-0.15, -0.1) is 0 Å². The zero-order valence-electron chi connectivity index (χ0n) is 10.2. The Morgan fingerprint density at radius 3 is 2.75 bits per heavy atom. The van der Waals surface area contributed by atoms with E-state index in [4.69, 9.17) is 11.6 Å². The lowest BCUT2D eigenvalue weighted by molar-refractivity contribution is 0.570. The van der Waals surface area contributed by atoms with Crippen LogP contribution in [0.25, 0.3) is 0 Å². The average molecular weight is 380 g/mol. The van der Waals surface area contributed by atoms with Crippen LogP contribution in [0, 0.1) is 12.7 Å². The fraction of sp³-hybridized carbons (Fsp3) is 0.0833. The molecule has 0 bridgehead atoms. The van der Waals surface area contributed by atoms with E-state index in [-0.39, 0.29) is 10.7 Å². The van der Waals surface area contributed by atoms with Gasteiger partial charge in [-0.1, -0.05) is 17.7 Å². The Bertz CT molecular complexity index is 768. The van der Waals surface area contributed by atoms with Crippen molar-refractivity contribution in [2.45, 2.75) is 11.8 Å². The standard InChI is InChI=1S/C12H9BrClFN2O2S/c1-7-5-8(6-16-12(7)13)17-20(18,19)10-4-2-3-9(14)11(10)15/h2-6,17H,1H3. The van der Waals surface area contributed by atoms with Gasteiger partial charge in [-0.3, -0.25) is 4.72 Å². The molecule has 4 nitrogen and oxygen atoms in total. The first kappa shape index (κ1) is 15.2. The number of rotatable bonds is 3. The van der Waals surface area contributed by atoms with E-state index >= 15 is 0 Å². The Morgan fingerprint density at radius 2 is 2.10 bits per heavy atom. The topological polar surface area (TPSA) is 59.1 Å². The number of aryl methyl sites for hydroxylation is 1. The second-order valence-corrected chi connectivity index (χ2v) is 6.80. The van der Waals surface area contributed by atoms with Gasteiger partial charge in [0, 0.05) is 0 Å². The number of aromatic nitrogens is 1. The van der Waals surface area contributed by atoms with Crippen molar-refractivity contribution < 1.29 is 12.8 Å². The molecule has 0 amide bonds. The molecule has 20 heavy (non-hydrogen) atoms. The first-order chi connectivity index (χ1) is 9.31. The van der Waals surface area contributed by atoms with Gasteiger partial charge in [0.15, 0.2) is 5.82 Å². The monoisotopic (exact) mass is 378 g/mol. The maximum absolute atomic E-state index is 13.8. The molecule has 0 fully saturated rings. The lowest BCUT2D eigenvalue weighted by Gasteiger charge is -2.10. The van der Waals surface area contributed by atoms with Gasteiger partial charge >= 0.3 is 0 Å². The van der Waals surface area contributed by atoms with Gasteiger partial charge in [0.2, 0.25) is 0 Å². The lowest BCUT2D eigenvalue weighted by Crippen LogP contribution is -2.15. The van der Waals surface area contributed by atoms with Crippen LogP contribution < -0.4 is 4.72 Å². The number of halogens is 3. The molecule has 0 saturated carbocycles. The van der Waals surface area contributed by atoms with Gasteiger partial charge in [0.05, 0.1) is 16.9 Å². The van der Waals surface area contributed by atoms with Crippen molar-refractivity contribution in [3.8, 4) is 0 Å². The highest BCUT2D eigenvalue weighted by atomic mass is 79.9. The zero-order chi connectivity index (χ0) is 14.9. The molecule has 1 heterocycles. The summed E-state index contributed by atoms with van der Waals surface area (Å²) in [6.07, 6.45) is 1.33. The van der Waals surface area contributed by atoms with Crippen molar-refractivity contribution in [2.24, 2.45) is 0 Å². The number of nitrogens with zero attached hydrogens (tertiary/aromatic N) is 1. The molecule has 0 aliphatic rings. The van der Waals surface area contributed by atoms with Gasteiger partial charge in [-0.05, 0) is 46.6 Å². The van der Waals surface area contributed by atoms with E-state index in [1.54, 1.807) is 13.0 Å². The molecular weight excluding hydrogens is 371 g/mol. The van der Waals surface area contributed by atoms with E-state index in [0.29, 0.717) is 4.60 Å². The number of hydrogen-bond donors (Lipinski definition) is 1. The van der Waals surface area contributed by atoms with E-state index < -0.39 is 20.7 Å². The van der Waals surface area contributed by atoms with Crippen LogP contribution >= 0.6 is 27.5 Å². The molecule has 0 atom stereocenters. The Kier molecular flexibility index (Phi) is 4.31. The highest BCUT2D eigenvalue weighted by Gasteiger charge is 2.21. The van der Waals surface area contributed by atoms with E-state index in [0.717, 1.165) is 11.6 Å². The van der Waals surface area contributed by atoms with Gasteiger partial charge in [0.25, 0.3) is 10.0 Å². The van der Waals surface area contributed by atoms with Crippen molar-refractivity contribution in [2.75, 3.05) is 4.72 Å². The molecule has 1 aromatic carbocycles. The molecule has 8 heteroatoms. The molecule has 2 aromatic rings. The van der Waals surface area contributed by atoms with Crippen LogP contribution in [0.2, 0.25) is 5.02 Å². The van der Waals surface area contributed by atoms with Crippen molar-refractivity contribution in [1.29, 1.82) is 0 Å². The van der Waals surface area contributed by atoms with Gasteiger partial charge in [-0.25, -0.2) is 17.8 Å². The zero-order valence-corrected chi connectivity index (χ0v) is 13.4. The fourth-order valence-corrected chi connectivity index (χ4v) is 3.10. The highest BCUT2D eigenvalue weighted by molar-refractivity contribution is 9.10. The third kappa shape index (κ3) is 3.11. The van der Waals surface area contributed by atoms with Crippen molar-refractivity contribution >= 4 is 43.2 Å². The van der Waals surface area contributed by atoms with Gasteiger partial charge in [-0.2, -0.15) is 0 Å². The van der Waals surface area contributed by atoms with E-state index in [9.17, 15) is 12.8 Å². The van der Waals surface area contributed by atoms with Crippen LogP contribution in [-0.2, 0) is 10.0 Å². The Balaban J connectivity index is 2.41. The first-order valence-electron chi connectivity index (χ1n) is 5.40. The summed E-state index contributed by atoms with van der Waals surface area (Å²) in [4.78, 5) is 3.46. The van der Waals surface area contributed by atoms with Crippen LogP contribution in [0.3, 0.4) is 0 Å². The minimum absolute atomic E-state index is 0.241. The number of hydrogen-bond acceptors (Lipinski definition) is 3. The Labute approximate surface area is 129 Å². The quantitative estimate of drug-likeness (QED) is 0.826. The van der Waals surface area contributed by atoms with Crippen LogP contribution in [0.5, 0.6) is 0 Å². The van der Waals surface area contributed by atoms with Gasteiger partial charge < -0.3 is 0 Å². The smallest absolute Gasteiger partial charge is 0.264 e. The molecule has 2 rings (SSSR count). The normalized spacial score (nSPS) is 11.4. The predicted molar refractivity (Wildman–Crippen MR) is 78.9 cm³/mol. The minimum atomic E-state index is -4.06. The third-order valence-electron chi connectivity index (χ3n) is 2.47. The van der Waals surface area contributed by atoms with E-state index in [2.05, 4.69) is 25.6 Å². The van der Waals surface area contributed by atoms with Crippen molar-refractivity contribution in [3.05, 3.63) is 51.5 Å². The van der Waals surface area contributed by atoms with Crippen LogP contribution in [0.1, 0.15) is 5.56 Å². The second-order valence-electron chi connectivity index (χ2n) is 3.99. The molecule has 1 N–H and O–H groups in total. The maximum Gasteiger partial charge on any atom is 0.264 e. The summed E-state index contributed by atoms with van der Waals surface area (Å²) in [5.41, 5.74) is 0.988. The molecule has 1 aromatic heterocycles. The number of benzene rings is 1. The van der Waals surface area contributed by atoms with Crippen LogP contribution in [0.15, 0.2) is 40.0 Å². The maximum atomic E-state index is 13.8. The Hall–Kier alpha value is -1.18. The summed E-state index contributed by atoms with van der Waals surface area (Å²) in [5.74, 6) is -0.983. The van der Waals surface area contributed by atoms with Crippen molar-refractivity contribution in [1.82, 2.24) is 4.98 Å². The number of anilines is 1. The van der Waals surface area contributed by atoms with E-state index in [1.807, 2.05) is 0 Å². The average Bonchev–Trinajstić information content (AvgIpc) is 2.36. The van der Waals surface area contributed by atoms with E-state index in [1.165, 1.54) is 18.3 Å². The highest BCUT2D eigenvalue weighted by Crippen LogP contribution is 2.25. The first-order valence-corrected chi connectivity index (χ1v) is 8.05. The number of sulfonamides is 1. The van der Waals surface area contributed by atoms with Crippen molar-refractivity contribution in [3.63, 3.8) is 0 Å². The second kappa shape index (κ2) is 5.67. The van der Waals surface area contributed by atoms with Crippen LogP contribution in [0.4, 0.5) is 10.1 Å². The molecule has 0 saturated heterocycles. The summed E-state index contributed by atoms with van der Waals surface area (Å²) < 4.78 is 40.9. The summed E-state index contributed by atoms with van der Waals surface area (Å²) in [7, 11) is -4.06. The molecule has 0 radical (unpaired) electrons. The molecule has 106 valence electrons. The lowest BCUT2D eigenvalue weighted by atomic mass is 10.3. The van der Waals surface area contributed by atoms with Crippen LogP contribution in [-0.4, -0.2) is 13.4 Å². The predicted octanol–water partition coefficient (Wildman–Crippen LogP) is 3.75. The molecule has 0 unspecified atom stereocenters. The molecule has 0 aliphatic heterocycles. The minimum Gasteiger partial charge on any atom is -0.278 e. The summed E-state index contributed by atoms with van der Waals surface area (Å²) in [6.45, 7) is 1.76. The molecular formula is C12H9BrClFN2O2S. The summed E-state index contributed by atoms with van der Waals surface area (Å²) in [6, 6.07) is 5.37. The molecule has 0 aliphatic carbocycles. The fourth-order valence-electron chi connectivity index (χ4n) is 1.52. The SMILES string of the molecule is Cc1cc(NS(=O)(=O)c2cccc(Cl)c2F)cnc1Br. The summed E-state index contributed by atoms with van der Waals surface area (Å²) in [5, 5.41) is -0.252. The molecule has 0 spiro atoms.